The molecule has 5 heteroatoms. The summed E-state index contributed by atoms with van der Waals surface area (Å²) in [6, 6.07) is 0. The molecule has 1 unspecified atom stereocenters. The maximum Gasteiger partial charge on any atom is 0.392 e. The lowest BCUT2D eigenvalue weighted by Gasteiger charge is -2.16. The third-order valence-electron chi connectivity index (χ3n) is 2.16. The lowest BCUT2D eigenvalue weighted by Crippen LogP contribution is -2.26. The van der Waals surface area contributed by atoms with E-state index < -0.39 is 36.5 Å². The van der Waals surface area contributed by atoms with E-state index >= 15 is 0 Å². The highest BCUT2D eigenvalue weighted by Gasteiger charge is 2.42. The molecule has 0 fully saturated rings. The van der Waals surface area contributed by atoms with Crippen LogP contribution >= 0.6 is 0 Å². The standard InChI is InChI=1S/C9H9F3O2/c1-5-2-7(13)3-6(4-8(5)14)9(10,11)12/h2,6H,3-4H2,1H3. The summed E-state index contributed by atoms with van der Waals surface area (Å²) >= 11 is 0. The van der Waals surface area contributed by atoms with Crippen molar-refractivity contribution in [3.05, 3.63) is 11.6 Å². The van der Waals surface area contributed by atoms with Gasteiger partial charge in [0.1, 0.15) is 0 Å². The fourth-order valence-electron chi connectivity index (χ4n) is 1.31. The second kappa shape index (κ2) is 3.55. The Morgan fingerprint density at radius 1 is 1.29 bits per heavy atom. The molecular formula is C9H9F3O2. The van der Waals surface area contributed by atoms with Gasteiger partial charge in [0.2, 0.25) is 0 Å². The molecule has 0 aliphatic heterocycles. The van der Waals surface area contributed by atoms with Gasteiger partial charge in [0.25, 0.3) is 0 Å². The molecule has 1 aliphatic rings. The second-order valence-electron chi connectivity index (χ2n) is 3.36. The van der Waals surface area contributed by atoms with E-state index in [4.69, 9.17) is 0 Å². The van der Waals surface area contributed by atoms with Crippen LogP contribution in [0.25, 0.3) is 0 Å². The van der Waals surface area contributed by atoms with E-state index in [2.05, 4.69) is 0 Å². The SMILES string of the molecule is CC1=CC(=O)CC(C(F)(F)F)CC1=O. The Bertz CT molecular complexity index is 302. The smallest absolute Gasteiger partial charge is 0.295 e. The van der Waals surface area contributed by atoms with E-state index in [-0.39, 0.29) is 5.57 Å². The average Bonchev–Trinajstić information content (AvgIpc) is 2.11. The third kappa shape index (κ3) is 2.43. The number of allylic oxidation sites excluding steroid dienone is 2. The summed E-state index contributed by atoms with van der Waals surface area (Å²) < 4.78 is 36.8. The summed E-state index contributed by atoms with van der Waals surface area (Å²) in [6.45, 7) is 1.36. The van der Waals surface area contributed by atoms with Gasteiger partial charge in [-0.1, -0.05) is 0 Å². The quantitative estimate of drug-likeness (QED) is 0.607. The minimum absolute atomic E-state index is 0.113. The van der Waals surface area contributed by atoms with Gasteiger partial charge in [0.15, 0.2) is 11.6 Å². The van der Waals surface area contributed by atoms with Crippen molar-refractivity contribution >= 4 is 11.6 Å². The van der Waals surface area contributed by atoms with Crippen molar-refractivity contribution in [2.45, 2.75) is 25.9 Å². The van der Waals surface area contributed by atoms with Crippen molar-refractivity contribution in [3.63, 3.8) is 0 Å². The first-order valence-corrected chi connectivity index (χ1v) is 4.11. The molecule has 1 rings (SSSR count). The van der Waals surface area contributed by atoms with Crippen molar-refractivity contribution in [1.29, 1.82) is 0 Å². The minimum atomic E-state index is -4.47. The van der Waals surface area contributed by atoms with Gasteiger partial charge in [-0.15, -0.1) is 0 Å². The molecule has 0 spiro atoms. The Hall–Kier alpha value is -1.13. The predicted octanol–water partition coefficient (Wildman–Crippen LogP) is 2.04. The van der Waals surface area contributed by atoms with E-state index in [1.165, 1.54) is 6.92 Å². The molecule has 0 radical (unpaired) electrons. The molecule has 0 bridgehead atoms. The molecule has 0 aromatic carbocycles. The zero-order valence-electron chi connectivity index (χ0n) is 7.52. The Kier molecular flexibility index (Phi) is 2.78. The van der Waals surface area contributed by atoms with Crippen LogP contribution in [0.2, 0.25) is 0 Å². The molecule has 1 atom stereocenters. The molecule has 14 heavy (non-hydrogen) atoms. The fourth-order valence-corrected chi connectivity index (χ4v) is 1.31. The van der Waals surface area contributed by atoms with Gasteiger partial charge < -0.3 is 0 Å². The van der Waals surface area contributed by atoms with Crippen LogP contribution in [-0.2, 0) is 9.59 Å². The van der Waals surface area contributed by atoms with Crippen LogP contribution in [0.3, 0.4) is 0 Å². The van der Waals surface area contributed by atoms with E-state index in [1.54, 1.807) is 0 Å². The van der Waals surface area contributed by atoms with Gasteiger partial charge in [-0.25, -0.2) is 0 Å². The second-order valence-corrected chi connectivity index (χ2v) is 3.36. The lowest BCUT2D eigenvalue weighted by molar-refractivity contribution is -0.180. The Balaban J connectivity index is 2.89. The molecule has 0 saturated heterocycles. The predicted molar refractivity (Wildman–Crippen MR) is 42.6 cm³/mol. The highest BCUT2D eigenvalue weighted by Crippen LogP contribution is 2.34. The molecule has 0 N–H and O–H groups in total. The summed E-state index contributed by atoms with van der Waals surface area (Å²) in [6.07, 6.45) is -4.71. The molecule has 0 aromatic heterocycles. The monoisotopic (exact) mass is 206 g/mol. The highest BCUT2D eigenvalue weighted by atomic mass is 19.4. The normalized spacial score (nSPS) is 24.6. The number of rotatable bonds is 0. The van der Waals surface area contributed by atoms with Gasteiger partial charge >= 0.3 is 6.18 Å². The van der Waals surface area contributed by atoms with E-state index in [9.17, 15) is 22.8 Å². The topological polar surface area (TPSA) is 34.1 Å². The molecule has 78 valence electrons. The van der Waals surface area contributed by atoms with Gasteiger partial charge in [-0.2, -0.15) is 13.2 Å². The number of Topliss-reactive ketones (excluding diaryl/α,β-unsaturated/α-hetero) is 1. The van der Waals surface area contributed by atoms with Crippen molar-refractivity contribution in [2.24, 2.45) is 5.92 Å². The average molecular weight is 206 g/mol. The highest BCUT2D eigenvalue weighted by molar-refractivity contribution is 6.04. The Morgan fingerprint density at radius 3 is 2.36 bits per heavy atom. The number of ketones is 2. The number of hydrogen-bond acceptors (Lipinski definition) is 2. The van der Waals surface area contributed by atoms with Crippen molar-refractivity contribution < 1.29 is 22.8 Å². The molecule has 0 aromatic rings. The lowest BCUT2D eigenvalue weighted by atomic mass is 9.98. The third-order valence-corrected chi connectivity index (χ3v) is 2.16. The summed E-state index contributed by atoms with van der Waals surface area (Å²) in [5.41, 5.74) is 0.113. The van der Waals surface area contributed by atoms with E-state index in [0.717, 1.165) is 6.08 Å². The van der Waals surface area contributed by atoms with E-state index in [1.807, 2.05) is 0 Å². The largest absolute Gasteiger partial charge is 0.392 e. The minimum Gasteiger partial charge on any atom is -0.295 e. The first-order chi connectivity index (χ1) is 6.30. The van der Waals surface area contributed by atoms with Crippen LogP contribution in [0, 0.1) is 5.92 Å². The summed E-state index contributed by atoms with van der Waals surface area (Å²) in [4.78, 5) is 22.1. The Morgan fingerprint density at radius 2 is 1.86 bits per heavy atom. The van der Waals surface area contributed by atoms with Crippen molar-refractivity contribution in [2.75, 3.05) is 0 Å². The maximum atomic E-state index is 12.3. The van der Waals surface area contributed by atoms with Crippen LogP contribution in [0.4, 0.5) is 13.2 Å². The van der Waals surface area contributed by atoms with Gasteiger partial charge in [0, 0.05) is 12.8 Å². The van der Waals surface area contributed by atoms with Crippen LogP contribution < -0.4 is 0 Å². The summed E-state index contributed by atoms with van der Waals surface area (Å²) in [5, 5.41) is 0. The zero-order valence-corrected chi connectivity index (χ0v) is 7.52. The summed E-state index contributed by atoms with van der Waals surface area (Å²) in [5.74, 6) is -3.05. The van der Waals surface area contributed by atoms with Crippen molar-refractivity contribution in [3.8, 4) is 0 Å². The molecule has 0 saturated carbocycles. The molecule has 0 amide bonds. The summed E-state index contributed by atoms with van der Waals surface area (Å²) in [7, 11) is 0. The molecular weight excluding hydrogens is 197 g/mol. The molecule has 1 aliphatic carbocycles. The van der Waals surface area contributed by atoms with Gasteiger partial charge in [-0.05, 0) is 18.6 Å². The zero-order chi connectivity index (χ0) is 10.9. The fraction of sp³-hybridized carbons (Fsp3) is 0.556. The van der Waals surface area contributed by atoms with Gasteiger partial charge in [0.05, 0.1) is 5.92 Å². The number of carbonyl (C=O) groups is 2. The molecule has 2 nitrogen and oxygen atoms in total. The number of alkyl halides is 3. The van der Waals surface area contributed by atoms with Crippen LogP contribution in [0.1, 0.15) is 19.8 Å². The Labute approximate surface area is 78.8 Å². The van der Waals surface area contributed by atoms with Crippen LogP contribution in [0.15, 0.2) is 11.6 Å². The van der Waals surface area contributed by atoms with Crippen LogP contribution in [0.5, 0.6) is 0 Å². The molecule has 0 heterocycles. The number of hydrogen-bond donors (Lipinski definition) is 0. The first-order valence-electron chi connectivity index (χ1n) is 4.11. The van der Waals surface area contributed by atoms with E-state index in [0.29, 0.717) is 0 Å². The van der Waals surface area contributed by atoms with Gasteiger partial charge in [-0.3, -0.25) is 9.59 Å². The van der Waals surface area contributed by atoms with Crippen LogP contribution in [-0.4, -0.2) is 17.7 Å². The number of halogens is 3. The first kappa shape index (κ1) is 10.9. The number of carbonyl (C=O) groups excluding carboxylic acids is 2. The van der Waals surface area contributed by atoms with Crippen molar-refractivity contribution in [1.82, 2.24) is 0 Å². The maximum absolute atomic E-state index is 12.3.